The van der Waals surface area contributed by atoms with E-state index < -0.39 is 4.92 Å². The van der Waals surface area contributed by atoms with E-state index in [0.29, 0.717) is 12.6 Å². The summed E-state index contributed by atoms with van der Waals surface area (Å²) in [7, 11) is 0. The highest BCUT2D eigenvalue weighted by molar-refractivity contribution is 5.98. The van der Waals surface area contributed by atoms with E-state index in [4.69, 9.17) is 0 Å². The van der Waals surface area contributed by atoms with Crippen molar-refractivity contribution in [1.29, 1.82) is 0 Å². The second-order valence-corrected chi connectivity index (χ2v) is 5.69. The Balaban J connectivity index is 1.85. The molecule has 0 aliphatic carbocycles. The van der Waals surface area contributed by atoms with Crippen molar-refractivity contribution in [1.82, 2.24) is 10.2 Å². The maximum absolute atomic E-state index is 12.7. The van der Waals surface area contributed by atoms with Gasteiger partial charge in [-0.2, -0.15) is 0 Å². The minimum absolute atomic E-state index is 0.104. The largest absolute Gasteiger partial charge is 0.334 e. The molecular formula is C15H19N3O3. The summed E-state index contributed by atoms with van der Waals surface area (Å²) in [6.45, 7) is 1.68. The lowest BCUT2D eigenvalue weighted by molar-refractivity contribution is -0.385. The van der Waals surface area contributed by atoms with Crippen LogP contribution in [0.15, 0.2) is 24.3 Å². The lowest BCUT2D eigenvalue weighted by atomic mass is 10.0. The Labute approximate surface area is 123 Å². The Morgan fingerprint density at radius 1 is 1.29 bits per heavy atom. The predicted octanol–water partition coefficient (Wildman–Crippen LogP) is 1.95. The fourth-order valence-corrected chi connectivity index (χ4v) is 3.47. The number of nitrogens with one attached hydrogen (secondary N) is 1. The van der Waals surface area contributed by atoms with Crippen LogP contribution in [0.25, 0.3) is 0 Å². The average molecular weight is 289 g/mol. The van der Waals surface area contributed by atoms with E-state index in [1.165, 1.54) is 6.07 Å². The maximum atomic E-state index is 12.7. The number of carbonyl (C=O) groups is 1. The number of nitro groups is 1. The number of likely N-dealkylation sites (tertiary alicyclic amines) is 1. The lowest BCUT2D eigenvalue weighted by Gasteiger charge is -2.29. The first-order chi connectivity index (χ1) is 10.2. The third-order valence-electron chi connectivity index (χ3n) is 4.45. The molecule has 1 N–H and O–H groups in total. The van der Waals surface area contributed by atoms with Crippen LogP contribution in [0.4, 0.5) is 5.69 Å². The van der Waals surface area contributed by atoms with Gasteiger partial charge < -0.3 is 10.2 Å². The fraction of sp³-hybridized carbons (Fsp3) is 0.533. The minimum atomic E-state index is -0.480. The van der Waals surface area contributed by atoms with Crippen LogP contribution in [-0.4, -0.2) is 40.9 Å². The number of rotatable bonds is 3. The zero-order valence-electron chi connectivity index (χ0n) is 11.8. The normalized spacial score (nSPS) is 25.2. The topological polar surface area (TPSA) is 75.5 Å². The van der Waals surface area contributed by atoms with Gasteiger partial charge in [0.05, 0.1) is 4.92 Å². The van der Waals surface area contributed by atoms with Crippen LogP contribution in [-0.2, 0) is 0 Å². The van der Waals surface area contributed by atoms with Crippen LogP contribution < -0.4 is 5.32 Å². The molecule has 0 aromatic heterocycles. The first-order valence-corrected chi connectivity index (χ1v) is 7.46. The van der Waals surface area contributed by atoms with Crippen LogP contribution in [0.5, 0.6) is 0 Å². The predicted molar refractivity (Wildman–Crippen MR) is 78.2 cm³/mol. The molecule has 6 heteroatoms. The van der Waals surface area contributed by atoms with Crippen LogP contribution in [0.3, 0.4) is 0 Å². The molecule has 2 saturated heterocycles. The summed E-state index contributed by atoms with van der Waals surface area (Å²) in [6.07, 6.45) is 4.15. The van der Waals surface area contributed by atoms with Crippen molar-refractivity contribution in [2.75, 3.05) is 13.1 Å². The zero-order chi connectivity index (χ0) is 14.8. The number of para-hydroxylation sites is 1. The van der Waals surface area contributed by atoms with Crippen molar-refractivity contribution in [3.05, 3.63) is 39.9 Å². The summed E-state index contributed by atoms with van der Waals surface area (Å²) in [5.41, 5.74) is 0.0972. The van der Waals surface area contributed by atoms with E-state index in [0.717, 1.165) is 32.2 Å². The molecule has 1 aromatic carbocycles. The van der Waals surface area contributed by atoms with Gasteiger partial charge in [-0.3, -0.25) is 14.9 Å². The van der Waals surface area contributed by atoms with E-state index in [9.17, 15) is 14.9 Å². The van der Waals surface area contributed by atoms with Gasteiger partial charge in [-0.15, -0.1) is 0 Å². The van der Waals surface area contributed by atoms with Gasteiger partial charge in [-0.1, -0.05) is 12.1 Å². The summed E-state index contributed by atoms with van der Waals surface area (Å²) < 4.78 is 0. The van der Waals surface area contributed by atoms with E-state index in [-0.39, 0.29) is 23.2 Å². The number of benzene rings is 1. The van der Waals surface area contributed by atoms with Gasteiger partial charge in [0.25, 0.3) is 11.6 Å². The fourth-order valence-electron chi connectivity index (χ4n) is 3.47. The highest BCUT2D eigenvalue weighted by Crippen LogP contribution is 2.28. The number of hydrogen-bond acceptors (Lipinski definition) is 4. The highest BCUT2D eigenvalue weighted by Gasteiger charge is 2.37. The molecule has 1 aromatic rings. The molecule has 0 spiro atoms. The quantitative estimate of drug-likeness (QED) is 0.681. The monoisotopic (exact) mass is 289 g/mol. The Bertz CT molecular complexity index is 555. The third-order valence-corrected chi connectivity index (χ3v) is 4.45. The second kappa shape index (κ2) is 5.81. The standard InChI is InChI=1S/C15H19N3O3/c19-15(11-5-1-2-7-13(11)18(20)21)17-10-4-8-14(17)12-6-3-9-16-12/h1-2,5,7,12,14,16H,3-4,6,8-10H2. The first-order valence-electron chi connectivity index (χ1n) is 7.46. The van der Waals surface area contributed by atoms with Crippen molar-refractivity contribution >= 4 is 11.6 Å². The first kappa shape index (κ1) is 14.0. The Morgan fingerprint density at radius 2 is 2.10 bits per heavy atom. The Morgan fingerprint density at radius 3 is 2.81 bits per heavy atom. The van der Waals surface area contributed by atoms with Crippen LogP contribution in [0.2, 0.25) is 0 Å². The van der Waals surface area contributed by atoms with Crippen LogP contribution >= 0.6 is 0 Å². The zero-order valence-corrected chi connectivity index (χ0v) is 11.8. The van der Waals surface area contributed by atoms with E-state index >= 15 is 0 Å². The summed E-state index contributed by atoms with van der Waals surface area (Å²) in [4.78, 5) is 25.2. The molecular weight excluding hydrogens is 270 g/mol. The maximum Gasteiger partial charge on any atom is 0.282 e. The molecule has 1 amide bonds. The molecule has 2 aliphatic rings. The third kappa shape index (κ3) is 2.63. The highest BCUT2D eigenvalue weighted by atomic mass is 16.6. The van der Waals surface area contributed by atoms with Crippen molar-refractivity contribution < 1.29 is 9.72 Å². The van der Waals surface area contributed by atoms with Gasteiger partial charge in [-0.25, -0.2) is 0 Å². The molecule has 112 valence electrons. The minimum Gasteiger partial charge on any atom is -0.334 e. The van der Waals surface area contributed by atoms with Crippen molar-refractivity contribution in [2.45, 2.75) is 37.8 Å². The van der Waals surface area contributed by atoms with Crippen LogP contribution in [0, 0.1) is 10.1 Å². The van der Waals surface area contributed by atoms with E-state index in [1.54, 1.807) is 18.2 Å². The van der Waals surface area contributed by atoms with Crippen molar-refractivity contribution in [2.24, 2.45) is 0 Å². The molecule has 2 atom stereocenters. The molecule has 0 saturated carbocycles. The van der Waals surface area contributed by atoms with Gasteiger partial charge in [0, 0.05) is 24.7 Å². The summed E-state index contributed by atoms with van der Waals surface area (Å²) in [5, 5.41) is 14.5. The number of hydrogen-bond donors (Lipinski definition) is 1. The number of nitrogens with zero attached hydrogens (tertiary/aromatic N) is 2. The van der Waals surface area contributed by atoms with Gasteiger partial charge in [-0.05, 0) is 38.3 Å². The number of amides is 1. The molecule has 2 unspecified atom stereocenters. The number of nitro benzene ring substituents is 1. The SMILES string of the molecule is O=C(c1ccccc1[N+](=O)[O-])N1CCCC1C1CCCN1. The number of carbonyl (C=O) groups excluding carboxylic acids is 1. The smallest absolute Gasteiger partial charge is 0.282 e. The van der Waals surface area contributed by atoms with Gasteiger partial charge >= 0.3 is 0 Å². The molecule has 6 nitrogen and oxygen atoms in total. The molecule has 2 aliphatic heterocycles. The Kier molecular flexibility index (Phi) is 3.88. The Hall–Kier alpha value is -1.95. The van der Waals surface area contributed by atoms with Gasteiger partial charge in [0.15, 0.2) is 0 Å². The molecule has 21 heavy (non-hydrogen) atoms. The summed E-state index contributed by atoms with van der Waals surface area (Å²) >= 11 is 0. The summed E-state index contributed by atoms with van der Waals surface area (Å²) in [5.74, 6) is -0.210. The second-order valence-electron chi connectivity index (χ2n) is 5.69. The molecule has 0 radical (unpaired) electrons. The van der Waals surface area contributed by atoms with Gasteiger partial charge in [0.2, 0.25) is 0 Å². The van der Waals surface area contributed by atoms with Crippen molar-refractivity contribution in [3.63, 3.8) is 0 Å². The average Bonchev–Trinajstić information content (AvgIpc) is 3.16. The lowest BCUT2D eigenvalue weighted by Crippen LogP contribution is -2.46. The molecule has 0 bridgehead atoms. The van der Waals surface area contributed by atoms with E-state index in [2.05, 4.69) is 5.32 Å². The molecule has 2 heterocycles. The summed E-state index contributed by atoms with van der Waals surface area (Å²) in [6, 6.07) is 6.72. The molecule has 3 rings (SSSR count). The van der Waals surface area contributed by atoms with E-state index in [1.807, 2.05) is 4.90 Å². The van der Waals surface area contributed by atoms with Gasteiger partial charge in [0.1, 0.15) is 5.56 Å². The molecule has 2 fully saturated rings. The van der Waals surface area contributed by atoms with Crippen LogP contribution in [0.1, 0.15) is 36.0 Å². The van der Waals surface area contributed by atoms with Crippen molar-refractivity contribution in [3.8, 4) is 0 Å².